The summed E-state index contributed by atoms with van der Waals surface area (Å²) >= 11 is 0. The number of alkyl halides is 3. The summed E-state index contributed by atoms with van der Waals surface area (Å²) in [7, 11) is -3.18. The third-order valence-corrected chi connectivity index (χ3v) is 6.12. The van der Waals surface area contributed by atoms with Gasteiger partial charge in [-0.2, -0.15) is 13.2 Å². The summed E-state index contributed by atoms with van der Waals surface area (Å²) in [5.41, 5.74) is 3.40. The summed E-state index contributed by atoms with van der Waals surface area (Å²) in [5.74, 6) is -2.39. The molecule has 7 nitrogen and oxygen atoms in total. The Labute approximate surface area is 186 Å². The predicted molar refractivity (Wildman–Crippen MR) is 111 cm³/mol. The number of pyridine rings is 1. The predicted octanol–water partition coefficient (Wildman–Crippen LogP) is 3.74. The fourth-order valence-corrected chi connectivity index (χ4v) is 4.68. The van der Waals surface area contributed by atoms with Crippen LogP contribution in [0.2, 0.25) is 0 Å². The van der Waals surface area contributed by atoms with E-state index in [1.807, 2.05) is 0 Å². The number of amides is 1. The van der Waals surface area contributed by atoms with Crippen LogP contribution in [0.15, 0.2) is 59.8 Å². The lowest BCUT2D eigenvalue weighted by atomic mass is 10.0. The van der Waals surface area contributed by atoms with Crippen molar-refractivity contribution in [3.8, 4) is 5.75 Å². The number of rotatable bonds is 7. The number of ether oxygens (including phenoxy) is 1. The van der Waals surface area contributed by atoms with Crippen LogP contribution in [0.25, 0.3) is 0 Å². The van der Waals surface area contributed by atoms with E-state index in [4.69, 9.17) is 10.5 Å². The first-order valence-electron chi connectivity index (χ1n) is 9.22. The Morgan fingerprint density at radius 2 is 1.91 bits per heavy atom. The van der Waals surface area contributed by atoms with Crippen molar-refractivity contribution in [2.45, 2.75) is 17.5 Å². The van der Waals surface area contributed by atoms with Crippen LogP contribution >= 0.6 is 0 Å². The highest BCUT2D eigenvalue weighted by atomic mass is 32.2. The van der Waals surface area contributed by atoms with Crippen molar-refractivity contribution in [2.24, 2.45) is 5.73 Å². The summed E-state index contributed by atoms with van der Waals surface area (Å²) in [6.07, 6.45) is -2.75. The first-order chi connectivity index (χ1) is 15.4. The number of benzene rings is 2. The lowest BCUT2D eigenvalue weighted by Crippen LogP contribution is -2.22. The smallest absolute Gasteiger partial charge is 0.419 e. The largest absolute Gasteiger partial charge is 0.494 e. The van der Waals surface area contributed by atoms with Crippen molar-refractivity contribution in [1.82, 2.24) is 4.98 Å². The van der Waals surface area contributed by atoms with E-state index in [1.165, 1.54) is 43.8 Å². The van der Waals surface area contributed by atoms with Crippen molar-refractivity contribution >= 4 is 21.6 Å². The van der Waals surface area contributed by atoms with Crippen molar-refractivity contribution in [2.75, 3.05) is 11.8 Å². The van der Waals surface area contributed by atoms with Crippen LogP contribution in [-0.2, 0) is 22.6 Å². The molecule has 0 aliphatic carbocycles. The number of hydrogen-bond donors (Lipinski definition) is 2. The molecule has 174 valence electrons. The third kappa shape index (κ3) is 5.22. The highest BCUT2D eigenvalue weighted by Gasteiger charge is 2.34. The van der Waals surface area contributed by atoms with E-state index >= 15 is 0 Å². The maximum atomic E-state index is 13.7. The van der Waals surface area contributed by atoms with Crippen LogP contribution in [0, 0.1) is 5.82 Å². The van der Waals surface area contributed by atoms with Crippen molar-refractivity contribution < 1.29 is 35.5 Å². The second-order valence-corrected chi connectivity index (χ2v) is 8.45. The summed E-state index contributed by atoms with van der Waals surface area (Å²) in [4.78, 5) is 15.3. The molecule has 0 aliphatic heterocycles. The average Bonchev–Trinajstić information content (AvgIpc) is 2.74. The number of carbonyl (C=O) groups is 1. The molecule has 0 radical (unpaired) electrons. The van der Waals surface area contributed by atoms with E-state index in [9.17, 15) is 30.8 Å². The molecule has 0 fully saturated rings. The second kappa shape index (κ2) is 9.06. The molecule has 1 amide bonds. The Bertz CT molecular complexity index is 1310. The van der Waals surface area contributed by atoms with Gasteiger partial charge in [-0.15, -0.1) is 0 Å². The summed E-state index contributed by atoms with van der Waals surface area (Å²) < 4.78 is 86.8. The first kappa shape index (κ1) is 24.0. The van der Waals surface area contributed by atoms with Crippen LogP contribution in [-0.4, -0.2) is 26.4 Å². The van der Waals surface area contributed by atoms with Crippen LogP contribution in [0.4, 0.5) is 23.2 Å². The zero-order chi connectivity index (χ0) is 24.4. The Morgan fingerprint density at radius 3 is 2.55 bits per heavy atom. The topological polar surface area (TPSA) is 111 Å². The SMILES string of the molecule is COc1ccncc1NS(=O)(=O)c1c(Cc2ccc(F)c(C(F)(F)F)c2)cccc1C(N)=O. The zero-order valence-corrected chi connectivity index (χ0v) is 17.8. The van der Waals surface area contributed by atoms with E-state index in [1.54, 1.807) is 0 Å². The number of hydrogen-bond acceptors (Lipinski definition) is 5. The van der Waals surface area contributed by atoms with Gasteiger partial charge in [-0.25, -0.2) is 12.8 Å². The number of aromatic nitrogens is 1. The average molecular weight is 483 g/mol. The van der Waals surface area contributed by atoms with E-state index in [0.717, 1.165) is 6.07 Å². The number of halogens is 4. The van der Waals surface area contributed by atoms with Crippen molar-refractivity contribution in [1.29, 1.82) is 0 Å². The number of sulfonamides is 1. The van der Waals surface area contributed by atoms with Gasteiger partial charge in [0.05, 0.1) is 24.4 Å². The van der Waals surface area contributed by atoms with E-state index in [2.05, 4.69) is 9.71 Å². The molecular weight excluding hydrogens is 466 g/mol. The van der Waals surface area contributed by atoms with Gasteiger partial charge >= 0.3 is 6.18 Å². The van der Waals surface area contributed by atoms with Gasteiger partial charge < -0.3 is 10.5 Å². The molecule has 12 heteroatoms. The van der Waals surface area contributed by atoms with Gasteiger partial charge in [0.25, 0.3) is 10.0 Å². The maximum Gasteiger partial charge on any atom is 0.419 e. The molecular formula is C21H17F4N3O4S. The highest BCUT2D eigenvalue weighted by molar-refractivity contribution is 7.92. The number of nitrogens with one attached hydrogen (secondary N) is 1. The molecule has 33 heavy (non-hydrogen) atoms. The standard InChI is InChI=1S/C21H17F4N3O4S/c1-32-18-7-8-27-11-17(18)28-33(30,31)19-13(3-2-4-14(19)20(26)29)9-12-5-6-16(22)15(10-12)21(23,24)25/h2-8,10-11,28H,9H2,1H3,(H2,26,29). The number of nitrogens with zero attached hydrogens (tertiary/aromatic N) is 1. The molecule has 0 spiro atoms. The lowest BCUT2D eigenvalue weighted by molar-refractivity contribution is -0.140. The molecule has 0 unspecified atom stereocenters. The Hall–Kier alpha value is -3.67. The Kier molecular flexibility index (Phi) is 6.58. The third-order valence-electron chi connectivity index (χ3n) is 4.61. The molecule has 0 atom stereocenters. The summed E-state index contributed by atoms with van der Waals surface area (Å²) in [5, 5.41) is 0. The van der Waals surface area contributed by atoms with Crippen LogP contribution in [0.5, 0.6) is 5.75 Å². The fraction of sp³-hybridized carbons (Fsp3) is 0.143. The number of methoxy groups -OCH3 is 1. The molecule has 0 saturated carbocycles. The van der Waals surface area contributed by atoms with Crippen molar-refractivity contribution in [3.05, 3.63) is 82.9 Å². The molecule has 1 aromatic heterocycles. The highest BCUT2D eigenvalue weighted by Crippen LogP contribution is 2.33. The summed E-state index contributed by atoms with van der Waals surface area (Å²) in [6, 6.07) is 7.55. The number of nitrogens with two attached hydrogens (primary N) is 1. The fourth-order valence-electron chi connectivity index (χ4n) is 3.19. The maximum absolute atomic E-state index is 13.7. The minimum Gasteiger partial charge on any atom is -0.494 e. The number of anilines is 1. The van der Waals surface area contributed by atoms with Crippen LogP contribution < -0.4 is 15.2 Å². The van der Waals surface area contributed by atoms with Crippen molar-refractivity contribution in [3.63, 3.8) is 0 Å². The molecule has 2 aromatic carbocycles. The lowest BCUT2D eigenvalue weighted by Gasteiger charge is -2.17. The molecule has 0 saturated heterocycles. The van der Waals surface area contributed by atoms with Gasteiger partial charge in [0, 0.05) is 12.3 Å². The molecule has 0 aliphatic rings. The molecule has 0 bridgehead atoms. The molecule has 3 aromatic rings. The van der Waals surface area contributed by atoms with E-state index in [0.29, 0.717) is 12.1 Å². The molecule has 3 rings (SSSR count). The second-order valence-electron chi connectivity index (χ2n) is 6.83. The van der Waals surface area contributed by atoms with Gasteiger partial charge in [0.2, 0.25) is 5.91 Å². The Morgan fingerprint density at radius 1 is 1.18 bits per heavy atom. The molecule has 3 N–H and O–H groups in total. The van der Waals surface area contributed by atoms with Crippen LogP contribution in [0.1, 0.15) is 27.0 Å². The van der Waals surface area contributed by atoms with Gasteiger partial charge in [0.1, 0.15) is 22.1 Å². The van der Waals surface area contributed by atoms with Gasteiger partial charge in [-0.1, -0.05) is 18.2 Å². The van der Waals surface area contributed by atoms with Gasteiger partial charge in [-0.05, 0) is 35.7 Å². The number of carbonyl (C=O) groups excluding carboxylic acids is 1. The summed E-state index contributed by atoms with van der Waals surface area (Å²) in [6.45, 7) is 0. The Balaban J connectivity index is 2.12. The quantitative estimate of drug-likeness (QED) is 0.498. The minimum absolute atomic E-state index is 0.0265. The van der Waals surface area contributed by atoms with Gasteiger partial charge in [-0.3, -0.25) is 14.5 Å². The minimum atomic E-state index is -4.94. The van der Waals surface area contributed by atoms with E-state index < -0.39 is 38.4 Å². The van der Waals surface area contributed by atoms with Crippen LogP contribution in [0.3, 0.4) is 0 Å². The normalized spacial score (nSPS) is 11.8. The van der Waals surface area contributed by atoms with E-state index in [-0.39, 0.29) is 34.5 Å². The monoisotopic (exact) mass is 483 g/mol. The zero-order valence-electron chi connectivity index (χ0n) is 17.0. The molecule has 1 heterocycles. The van der Waals surface area contributed by atoms with Gasteiger partial charge in [0.15, 0.2) is 0 Å². The number of primary amides is 1. The first-order valence-corrected chi connectivity index (χ1v) is 10.7.